The molecule has 1 aliphatic rings. The molecule has 1 aliphatic heterocycles. The van der Waals surface area contributed by atoms with E-state index in [1.54, 1.807) is 24.7 Å². The Balaban J connectivity index is 0.000000293. The van der Waals surface area contributed by atoms with Crippen LogP contribution in [0.3, 0.4) is 0 Å². The monoisotopic (exact) mass is 441 g/mol. The van der Waals surface area contributed by atoms with Crippen molar-refractivity contribution in [1.82, 2.24) is 9.55 Å². The number of aromatic nitrogens is 2. The van der Waals surface area contributed by atoms with Crippen LogP contribution in [0.2, 0.25) is 0 Å². The van der Waals surface area contributed by atoms with Crippen molar-refractivity contribution >= 4 is 29.3 Å². The zero-order valence-corrected chi connectivity index (χ0v) is 16.8. The van der Waals surface area contributed by atoms with Crippen molar-refractivity contribution in [3.05, 3.63) is 95.3 Å². The minimum Gasteiger partial charge on any atom is -0.478 e. The summed E-state index contributed by atoms with van der Waals surface area (Å²) in [6.45, 7) is 0.453. The summed E-state index contributed by atoms with van der Waals surface area (Å²) in [6.07, 6.45) is 4.66. The zero-order chi connectivity index (χ0) is 22.4. The van der Waals surface area contributed by atoms with Gasteiger partial charge in [0.1, 0.15) is 5.82 Å². The fourth-order valence-corrected chi connectivity index (χ4v) is 3.16. The molecule has 0 saturated carbocycles. The van der Waals surface area contributed by atoms with Gasteiger partial charge < -0.3 is 14.8 Å². The molecule has 9 heteroatoms. The maximum Gasteiger partial charge on any atom is 0.328 e. The van der Waals surface area contributed by atoms with Crippen LogP contribution in [0.1, 0.15) is 22.4 Å². The summed E-state index contributed by atoms with van der Waals surface area (Å²) in [5, 5.41) is 15.6. The zero-order valence-electron chi connectivity index (χ0n) is 16.1. The third kappa shape index (κ3) is 5.23. The maximum absolute atomic E-state index is 14.3. The van der Waals surface area contributed by atoms with Gasteiger partial charge >= 0.3 is 11.9 Å². The number of benzene rings is 2. The van der Waals surface area contributed by atoms with Crippen LogP contribution in [0.5, 0.6) is 0 Å². The van der Waals surface area contributed by atoms with Crippen LogP contribution in [0.4, 0.5) is 4.39 Å². The number of fused-ring (bicyclic) bond motifs is 3. The number of carbonyl (C=O) groups is 2. The number of aliphatic carboxylic acids is 2. The highest BCUT2D eigenvalue weighted by molar-refractivity contribution is 6.18. The molecular weight excluding hydrogens is 425 g/mol. The number of hydrogen-bond donors (Lipinski definition) is 2. The molecular formula is C22H17ClFN3O4. The normalized spacial score (nSPS) is 12.1. The number of hydrogen-bond acceptors (Lipinski definition) is 4. The molecule has 0 radical (unpaired) electrons. The fourth-order valence-electron chi connectivity index (χ4n) is 2.99. The summed E-state index contributed by atoms with van der Waals surface area (Å²) in [5.41, 5.74) is 4.89. The Morgan fingerprint density at radius 1 is 1.10 bits per heavy atom. The number of carboxylic acids is 2. The molecule has 0 fully saturated rings. The molecule has 4 rings (SSSR count). The summed E-state index contributed by atoms with van der Waals surface area (Å²) in [4.78, 5) is 28.0. The van der Waals surface area contributed by atoms with Crippen LogP contribution in [-0.4, -0.2) is 37.4 Å². The van der Waals surface area contributed by atoms with E-state index in [0.717, 1.165) is 22.5 Å². The minimum atomic E-state index is -1.26. The number of halogens is 2. The maximum atomic E-state index is 14.3. The van der Waals surface area contributed by atoms with E-state index in [0.29, 0.717) is 35.9 Å². The van der Waals surface area contributed by atoms with Gasteiger partial charge in [-0.2, -0.15) is 0 Å². The van der Waals surface area contributed by atoms with E-state index in [4.69, 9.17) is 21.8 Å². The van der Waals surface area contributed by atoms with Crippen LogP contribution in [0.15, 0.2) is 72.1 Å². The van der Waals surface area contributed by atoms with E-state index >= 15 is 0 Å². The van der Waals surface area contributed by atoms with Crippen LogP contribution < -0.4 is 0 Å². The van der Waals surface area contributed by atoms with Gasteiger partial charge in [-0.25, -0.2) is 19.0 Å². The van der Waals surface area contributed by atoms with Crippen LogP contribution in [-0.2, 0) is 22.0 Å². The van der Waals surface area contributed by atoms with Crippen LogP contribution >= 0.6 is 11.6 Å². The molecule has 0 atom stereocenters. The molecule has 0 amide bonds. The smallest absolute Gasteiger partial charge is 0.328 e. The molecule has 0 spiro atoms. The second-order valence-corrected chi connectivity index (χ2v) is 6.66. The van der Waals surface area contributed by atoms with Gasteiger partial charge in [0.05, 0.1) is 36.2 Å². The van der Waals surface area contributed by atoms with E-state index in [1.165, 1.54) is 6.07 Å². The highest BCUT2D eigenvalue weighted by Crippen LogP contribution is 2.27. The van der Waals surface area contributed by atoms with E-state index in [2.05, 4.69) is 9.98 Å². The van der Waals surface area contributed by atoms with Crippen molar-refractivity contribution in [3.63, 3.8) is 0 Å². The second kappa shape index (κ2) is 9.82. The molecule has 0 bridgehead atoms. The summed E-state index contributed by atoms with van der Waals surface area (Å²) < 4.78 is 16.3. The Kier molecular flexibility index (Phi) is 6.94. The molecule has 0 aliphatic carbocycles. The van der Waals surface area contributed by atoms with Gasteiger partial charge in [0.2, 0.25) is 0 Å². The van der Waals surface area contributed by atoms with Gasteiger partial charge in [-0.15, -0.1) is 11.6 Å². The van der Waals surface area contributed by atoms with Gasteiger partial charge in [-0.3, -0.25) is 4.99 Å². The number of aliphatic imine (C=N–C) groups is 1. The van der Waals surface area contributed by atoms with E-state index in [1.807, 2.05) is 28.8 Å². The number of nitrogens with zero attached hydrogens (tertiary/aromatic N) is 3. The lowest BCUT2D eigenvalue weighted by Crippen LogP contribution is -2.09. The van der Waals surface area contributed by atoms with Gasteiger partial charge in [-0.05, 0) is 29.8 Å². The molecule has 31 heavy (non-hydrogen) atoms. The molecule has 2 aromatic carbocycles. The Bertz CT molecular complexity index is 1170. The second-order valence-electron chi connectivity index (χ2n) is 6.39. The summed E-state index contributed by atoms with van der Waals surface area (Å²) in [6, 6.07) is 12.6. The average Bonchev–Trinajstić information content (AvgIpc) is 3.16. The highest BCUT2D eigenvalue weighted by Gasteiger charge is 2.21. The first-order valence-electron chi connectivity index (χ1n) is 9.05. The quantitative estimate of drug-likeness (QED) is 0.473. The van der Waals surface area contributed by atoms with Crippen molar-refractivity contribution < 1.29 is 24.2 Å². The fraction of sp³-hybridized carbons (Fsp3) is 0.0909. The molecule has 2 heterocycles. The van der Waals surface area contributed by atoms with Gasteiger partial charge in [0, 0.05) is 29.2 Å². The Hall–Kier alpha value is -3.78. The first-order valence-corrected chi connectivity index (χ1v) is 9.58. The molecule has 0 saturated heterocycles. The third-order valence-electron chi connectivity index (χ3n) is 4.34. The van der Waals surface area contributed by atoms with Gasteiger partial charge in [-0.1, -0.05) is 18.2 Å². The van der Waals surface area contributed by atoms with E-state index < -0.39 is 11.9 Å². The van der Waals surface area contributed by atoms with E-state index in [9.17, 15) is 14.0 Å². The van der Waals surface area contributed by atoms with Crippen molar-refractivity contribution in [1.29, 1.82) is 0 Å². The lowest BCUT2D eigenvalue weighted by Gasteiger charge is -2.13. The van der Waals surface area contributed by atoms with E-state index in [-0.39, 0.29) is 5.82 Å². The SMILES string of the molecule is Fc1ccccc1C1=NCc2cncn2-c2ccc(CCl)cc21.O=C(O)/C=C\C(=O)O. The van der Waals surface area contributed by atoms with Crippen molar-refractivity contribution in [2.45, 2.75) is 12.4 Å². The lowest BCUT2D eigenvalue weighted by atomic mass is 9.98. The van der Waals surface area contributed by atoms with Crippen molar-refractivity contribution in [3.8, 4) is 5.69 Å². The standard InChI is InChI=1S/C18H13ClFN3.C4H4O4/c19-8-12-5-6-17-15(7-12)18(14-3-1-2-4-16(14)20)22-10-13-9-21-11-23(13)17;5-3(6)1-2-4(7)8/h1-7,9,11H,8,10H2;1-2H,(H,5,6)(H,7,8)/b;2-1-. The number of alkyl halides is 1. The number of rotatable bonds is 4. The molecule has 158 valence electrons. The Morgan fingerprint density at radius 3 is 2.45 bits per heavy atom. The van der Waals surface area contributed by atoms with Crippen molar-refractivity contribution in [2.75, 3.05) is 0 Å². The summed E-state index contributed by atoms with van der Waals surface area (Å²) >= 11 is 5.98. The summed E-state index contributed by atoms with van der Waals surface area (Å²) in [5.74, 6) is -2.40. The summed E-state index contributed by atoms with van der Waals surface area (Å²) in [7, 11) is 0. The van der Waals surface area contributed by atoms with Gasteiger partial charge in [0.15, 0.2) is 0 Å². The highest BCUT2D eigenvalue weighted by atomic mass is 35.5. The molecule has 1 aromatic heterocycles. The van der Waals surface area contributed by atoms with Crippen LogP contribution in [0.25, 0.3) is 5.69 Å². The third-order valence-corrected chi connectivity index (χ3v) is 4.65. The number of carboxylic acid groups (broad SMARTS) is 2. The van der Waals surface area contributed by atoms with Crippen molar-refractivity contribution in [2.24, 2.45) is 4.99 Å². The molecule has 7 nitrogen and oxygen atoms in total. The number of imidazole rings is 1. The van der Waals surface area contributed by atoms with Crippen LogP contribution in [0, 0.1) is 5.82 Å². The lowest BCUT2D eigenvalue weighted by molar-refractivity contribution is -0.134. The largest absolute Gasteiger partial charge is 0.478 e. The molecule has 3 aromatic rings. The first kappa shape index (κ1) is 21.9. The predicted molar refractivity (Wildman–Crippen MR) is 113 cm³/mol. The average molecular weight is 442 g/mol. The molecule has 2 N–H and O–H groups in total. The first-order chi connectivity index (χ1) is 14.9. The Morgan fingerprint density at radius 2 is 1.81 bits per heavy atom. The topological polar surface area (TPSA) is 105 Å². The predicted octanol–water partition coefficient (Wildman–Crippen LogP) is 3.81. The van der Waals surface area contributed by atoms with Gasteiger partial charge in [0.25, 0.3) is 0 Å². The molecule has 0 unspecified atom stereocenters. The minimum absolute atomic E-state index is 0.279. The Labute approximate surface area is 181 Å².